The van der Waals surface area contributed by atoms with E-state index < -0.39 is 17.7 Å². The van der Waals surface area contributed by atoms with Gasteiger partial charge < -0.3 is 10.3 Å². The summed E-state index contributed by atoms with van der Waals surface area (Å²) in [7, 11) is 0. The van der Waals surface area contributed by atoms with E-state index in [1.807, 2.05) is 12.1 Å². The van der Waals surface area contributed by atoms with Crippen molar-refractivity contribution < 1.29 is 13.3 Å². The first-order valence-electron chi connectivity index (χ1n) is 6.93. The van der Waals surface area contributed by atoms with Crippen molar-refractivity contribution in [1.29, 1.82) is 0 Å². The molecule has 3 aromatic rings. The Hall–Kier alpha value is -2.24. The number of aromatic nitrogens is 1. The molecule has 0 saturated heterocycles. The Morgan fingerprint density at radius 2 is 1.74 bits per heavy atom. The van der Waals surface area contributed by atoms with E-state index in [4.69, 9.17) is 21.9 Å². The molecule has 0 bridgehead atoms. The molecule has 1 atom stereocenters. The minimum atomic E-state index is -0.634. The van der Waals surface area contributed by atoms with Gasteiger partial charge in [-0.1, -0.05) is 28.9 Å². The Bertz CT molecular complexity index is 797. The molecule has 0 saturated carbocycles. The van der Waals surface area contributed by atoms with Gasteiger partial charge in [-0.05, 0) is 41.8 Å². The van der Waals surface area contributed by atoms with Gasteiger partial charge in [0.25, 0.3) is 0 Å². The monoisotopic (exact) mass is 334 g/mol. The van der Waals surface area contributed by atoms with E-state index in [1.54, 1.807) is 12.1 Å². The third-order valence-corrected chi connectivity index (χ3v) is 3.73. The number of nitrogens with two attached hydrogens (primary N) is 1. The van der Waals surface area contributed by atoms with Crippen LogP contribution in [-0.4, -0.2) is 5.16 Å². The molecule has 3 rings (SSSR count). The van der Waals surface area contributed by atoms with E-state index in [9.17, 15) is 8.78 Å². The number of nitrogens with zero attached hydrogens (tertiary/aromatic N) is 1. The van der Waals surface area contributed by atoms with Crippen LogP contribution in [-0.2, 0) is 6.42 Å². The van der Waals surface area contributed by atoms with Crippen molar-refractivity contribution in [3.8, 4) is 11.1 Å². The zero-order chi connectivity index (χ0) is 16.4. The minimum absolute atomic E-state index is 0.238. The van der Waals surface area contributed by atoms with Gasteiger partial charge in [0.2, 0.25) is 0 Å². The summed E-state index contributed by atoms with van der Waals surface area (Å²) in [6, 6.07) is 9.93. The third-order valence-electron chi connectivity index (χ3n) is 3.48. The molecule has 2 N–H and O–H groups in total. The van der Waals surface area contributed by atoms with Crippen LogP contribution >= 0.6 is 11.6 Å². The van der Waals surface area contributed by atoms with E-state index in [-0.39, 0.29) is 6.42 Å². The van der Waals surface area contributed by atoms with Gasteiger partial charge in [0.1, 0.15) is 23.6 Å². The molecule has 0 amide bonds. The third kappa shape index (κ3) is 3.57. The fourth-order valence-electron chi connectivity index (χ4n) is 2.44. The summed E-state index contributed by atoms with van der Waals surface area (Å²) in [6.45, 7) is 0. The maximum atomic E-state index is 13.3. The Kier molecular flexibility index (Phi) is 4.41. The van der Waals surface area contributed by atoms with Gasteiger partial charge >= 0.3 is 0 Å². The highest BCUT2D eigenvalue weighted by molar-refractivity contribution is 6.30. The SMILES string of the molecule is N[C@H](Cc1cc(F)cc(F)c1)c1nocc1-c1ccc(Cl)cc1. The fourth-order valence-corrected chi connectivity index (χ4v) is 2.56. The molecular formula is C17H13ClF2N2O. The lowest BCUT2D eigenvalue weighted by molar-refractivity contribution is 0.405. The van der Waals surface area contributed by atoms with Gasteiger partial charge in [0, 0.05) is 16.7 Å². The van der Waals surface area contributed by atoms with Crippen LogP contribution in [0.5, 0.6) is 0 Å². The lowest BCUT2D eigenvalue weighted by Crippen LogP contribution is -2.15. The van der Waals surface area contributed by atoms with Gasteiger partial charge in [-0.15, -0.1) is 0 Å². The van der Waals surface area contributed by atoms with E-state index in [0.29, 0.717) is 16.3 Å². The first-order chi connectivity index (χ1) is 11.0. The predicted molar refractivity (Wildman–Crippen MR) is 83.9 cm³/mol. The summed E-state index contributed by atoms with van der Waals surface area (Å²) >= 11 is 5.88. The van der Waals surface area contributed by atoms with Crippen molar-refractivity contribution in [3.63, 3.8) is 0 Å². The summed E-state index contributed by atoms with van der Waals surface area (Å²) in [5.41, 5.74) is 8.71. The lowest BCUT2D eigenvalue weighted by Gasteiger charge is -2.11. The Morgan fingerprint density at radius 1 is 1.09 bits per heavy atom. The summed E-state index contributed by atoms with van der Waals surface area (Å²) in [5.74, 6) is -1.27. The number of halogens is 3. The van der Waals surface area contributed by atoms with Gasteiger partial charge in [0.05, 0.1) is 6.04 Å². The summed E-state index contributed by atoms with van der Waals surface area (Å²) in [5, 5.41) is 4.55. The molecule has 0 aliphatic heterocycles. The van der Waals surface area contributed by atoms with Crippen LogP contribution in [0.1, 0.15) is 17.3 Å². The summed E-state index contributed by atoms with van der Waals surface area (Å²) in [6.07, 6.45) is 1.73. The highest BCUT2D eigenvalue weighted by Gasteiger charge is 2.18. The molecule has 2 aromatic carbocycles. The van der Waals surface area contributed by atoms with E-state index in [0.717, 1.165) is 17.2 Å². The van der Waals surface area contributed by atoms with Crippen molar-refractivity contribution in [3.05, 3.63) is 76.6 Å². The second-order valence-electron chi connectivity index (χ2n) is 5.21. The molecule has 0 radical (unpaired) electrons. The smallest absolute Gasteiger partial charge is 0.131 e. The number of hydrogen-bond donors (Lipinski definition) is 1. The Labute approximate surface area is 136 Å². The van der Waals surface area contributed by atoms with Crippen LogP contribution in [0, 0.1) is 11.6 Å². The fraction of sp³-hybridized carbons (Fsp3) is 0.118. The van der Waals surface area contributed by atoms with Crippen molar-refractivity contribution in [2.24, 2.45) is 5.73 Å². The van der Waals surface area contributed by atoms with Crippen molar-refractivity contribution >= 4 is 11.6 Å². The van der Waals surface area contributed by atoms with E-state index >= 15 is 0 Å². The Balaban J connectivity index is 1.87. The maximum Gasteiger partial charge on any atom is 0.131 e. The van der Waals surface area contributed by atoms with Gasteiger partial charge in [-0.25, -0.2) is 8.78 Å². The highest BCUT2D eigenvalue weighted by Crippen LogP contribution is 2.29. The van der Waals surface area contributed by atoms with Crippen molar-refractivity contribution in [2.75, 3.05) is 0 Å². The molecule has 0 spiro atoms. The van der Waals surface area contributed by atoms with Crippen LogP contribution in [0.2, 0.25) is 5.02 Å². The Morgan fingerprint density at radius 3 is 2.39 bits per heavy atom. The first-order valence-corrected chi connectivity index (χ1v) is 7.31. The van der Waals surface area contributed by atoms with Gasteiger partial charge in [0.15, 0.2) is 0 Å². The maximum absolute atomic E-state index is 13.3. The lowest BCUT2D eigenvalue weighted by atomic mass is 9.98. The molecule has 0 aliphatic rings. The normalized spacial score (nSPS) is 12.3. The topological polar surface area (TPSA) is 52.0 Å². The number of hydrogen-bond acceptors (Lipinski definition) is 3. The van der Waals surface area contributed by atoms with Crippen LogP contribution in [0.25, 0.3) is 11.1 Å². The van der Waals surface area contributed by atoms with E-state index in [1.165, 1.54) is 18.4 Å². The average molecular weight is 335 g/mol. The highest BCUT2D eigenvalue weighted by atomic mass is 35.5. The molecule has 23 heavy (non-hydrogen) atoms. The van der Waals surface area contributed by atoms with Crippen LogP contribution < -0.4 is 5.73 Å². The number of rotatable bonds is 4. The van der Waals surface area contributed by atoms with Gasteiger partial charge in [-0.2, -0.15) is 0 Å². The largest absolute Gasteiger partial charge is 0.364 e. The van der Waals surface area contributed by atoms with Crippen molar-refractivity contribution in [2.45, 2.75) is 12.5 Å². The average Bonchev–Trinajstić information content (AvgIpc) is 2.96. The number of benzene rings is 2. The second-order valence-corrected chi connectivity index (χ2v) is 5.65. The predicted octanol–water partition coefficient (Wildman–Crippen LogP) is 4.52. The molecule has 6 heteroatoms. The standard InChI is InChI=1S/C17H13ClF2N2O/c18-12-3-1-11(2-4-12)15-9-23-22-17(15)16(21)7-10-5-13(19)8-14(20)6-10/h1-6,8-9,16H,7,21H2/t16-/m1/s1. The molecule has 0 aliphatic carbocycles. The molecule has 1 heterocycles. The van der Waals surface area contributed by atoms with Crippen LogP contribution in [0.15, 0.2) is 53.3 Å². The minimum Gasteiger partial charge on any atom is -0.364 e. The summed E-state index contributed by atoms with van der Waals surface area (Å²) < 4.78 is 31.6. The molecule has 118 valence electrons. The quantitative estimate of drug-likeness (QED) is 0.763. The van der Waals surface area contributed by atoms with Crippen LogP contribution in [0.3, 0.4) is 0 Å². The second kappa shape index (κ2) is 6.48. The molecular weight excluding hydrogens is 322 g/mol. The van der Waals surface area contributed by atoms with E-state index in [2.05, 4.69) is 5.16 Å². The zero-order valence-electron chi connectivity index (χ0n) is 12.0. The first kappa shape index (κ1) is 15.6. The zero-order valence-corrected chi connectivity index (χ0v) is 12.7. The van der Waals surface area contributed by atoms with Crippen molar-refractivity contribution in [1.82, 2.24) is 5.16 Å². The molecule has 0 fully saturated rings. The van der Waals surface area contributed by atoms with Crippen LogP contribution in [0.4, 0.5) is 8.78 Å². The molecule has 3 nitrogen and oxygen atoms in total. The summed E-state index contributed by atoms with van der Waals surface area (Å²) in [4.78, 5) is 0. The van der Waals surface area contributed by atoms with Gasteiger partial charge in [-0.3, -0.25) is 0 Å². The molecule has 1 aromatic heterocycles. The molecule has 0 unspecified atom stereocenters.